The Hall–Kier alpha value is -4.96. The molecular weight excluding hydrogens is 784 g/mol. The van der Waals surface area contributed by atoms with Crippen LogP contribution in [0.2, 0.25) is 0 Å². The number of benzene rings is 3. The third-order valence-electron chi connectivity index (χ3n) is 8.84. The topological polar surface area (TPSA) is 49.8 Å². The minimum Gasteiger partial charge on any atom is -0.507 e. The predicted octanol–water partition coefficient (Wildman–Crippen LogP) is 7.78. The maximum absolute atomic E-state index is 12.6. The van der Waals surface area contributed by atoms with Crippen molar-refractivity contribution in [3.05, 3.63) is 113 Å². The molecule has 4 nitrogen and oxygen atoms in total. The van der Waals surface area contributed by atoms with E-state index >= 15 is 0 Å². The van der Waals surface area contributed by atoms with Gasteiger partial charge < -0.3 is 14.6 Å². The minimum absolute atomic E-state index is 0. The second-order valence-corrected chi connectivity index (χ2v) is 11.8. The summed E-state index contributed by atoms with van der Waals surface area (Å²) in [5, 5.41) is 11.2. The number of rotatable bonds is 10. The second-order valence-electron chi connectivity index (χ2n) is 11.8. The first-order valence-electron chi connectivity index (χ1n) is 15.5. The van der Waals surface area contributed by atoms with Gasteiger partial charge in [0.25, 0.3) is 0 Å². The predicted molar refractivity (Wildman–Crippen MR) is 171 cm³/mol. The maximum Gasteiger partial charge on any atom is 0.123 e. The summed E-state index contributed by atoms with van der Waals surface area (Å²) in [4.78, 5) is 14.2. The number of carbonyl (C=O) groups is 1. The fourth-order valence-corrected chi connectivity index (χ4v) is 6.72. The average molecular weight is 824 g/mol. The van der Waals surface area contributed by atoms with Crippen LogP contribution in [0.3, 0.4) is 0 Å². The van der Waals surface area contributed by atoms with E-state index in [-0.39, 0.29) is 24.3 Å². The average Bonchev–Trinajstić information content (AvgIpc) is 3.61. The molecule has 44 heavy (non-hydrogen) atoms. The number of hydrogen-bond donors (Lipinski definition) is 1. The fraction of sp³-hybridized carbons (Fsp3) is 0.342. The van der Waals surface area contributed by atoms with Crippen LogP contribution < -0.4 is 4.74 Å². The summed E-state index contributed by atoms with van der Waals surface area (Å²) in [6.45, 7) is 6.11. The van der Waals surface area contributed by atoms with Gasteiger partial charge in [0.05, 0.1) is 12.5 Å². The number of allylic oxidation sites excluding steroid dienone is 4. The van der Waals surface area contributed by atoms with E-state index in [9.17, 15) is 14.3 Å². The molecule has 3 aliphatic rings. The molecule has 0 spiro atoms. The van der Waals surface area contributed by atoms with Crippen molar-refractivity contribution in [3.8, 4) is 11.5 Å². The van der Waals surface area contributed by atoms with Crippen LogP contribution in [0.15, 0.2) is 73.3 Å². The number of aromatic hydroxyl groups is 1. The molecule has 0 aromatic heterocycles. The second kappa shape index (κ2) is 13.6. The van der Waals surface area contributed by atoms with E-state index in [0.717, 1.165) is 102 Å². The van der Waals surface area contributed by atoms with Gasteiger partial charge in [-0.15, -0.1) is 18.7 Å². The summed E-state index contributed by atoms with van der Waals surface area (Å²) in [7, 11) is 0. The minimum atomic E-state index is -0.279. The number of carbonyl (C=O) groups excluding carboxylic acids is 1. The van der Waals surface area contributed by atoms with E-state index < -0.39 is 0 Å². The molecule has 1 aliphatic heterocycles. The van der Waals surface area contributed by atoms with Crippen LogP contribution in [0.1, 0.15) is 71.9 Å². The van der Waals surface area contributed by atoms with Crippen molar-refractivity contribution in [1.29, 1.82) is 0 Å². The summed E-state index contributed by atoms with van der Waals surface area (Å²) < 4.78 is 18.9. The van der Waals surface area contributed by atoms with Crippen molar-refractivity contribution in [2.24, 2.45) is 0 Å². The van der Waals surface area contributed by atoms with Gasteiger partial charge in [-0.2, -0.15) is 5.56 Å². The first-order chi connectivity index (χ1) is 21.0. The molecule has 1 saturated heterocycles. The molecule has 0 radical (unpaired) electrons. The van der Waals surface area contributed by atoms with Crippen molar-refractivity contribution in [2.75, 3.05) is 26.3 Å². The molecule has 1 atom stereocenters. The molecule has 6 heteroatoms. The van der Waals surface area contributed by atoms with Crippen molar-refractivity contribution in [2.45, 2.75) is 57.5 Å². The van der Waals surface area contributed by atoms with Gasteiger partial charge >= 0.3 is 0 Å². The summed E-state index contributed by atoms with van der Waals surface area (Å²) >= 11 is 0. The van der Waals surface area contributed by atoms with Gasteiger partial charge in [0.15, 0.2) is 0 Å². The number of hydrogen-bond acceptors (Lipinski definition) is 4. The zero-order valence-corrected chi connectivity index (χ0v) is 28.0. The van der Waals surface area contributed by atoms with Gasteiger partial charge in [0.2, 0.25) is 0 Å². The van der Waals surface area contributed by atoms with Gasteiger partial charge in [-0.05, 0) is 91.0 Å². The largest absolute Gasteiger partial charge is 0.507 e. The zero-order chi connectivity index (χ0) is 29.8. The third-order valence-corrected chi connectivity index (χ3v) is 8.84. The molecule has 6 rings (SSSR count). The molecule has 0 saturated carbocycles. The Labute approximate surface area is 254 Å². The number of fused-ring (bicyclic) bond motifs is 1. The van der Waals surface area contributed by atoms with Crippen molar-refractivity contribution in [3.63, 3.8) is 0 Å². The first-order valence-corrected chi connectivity index (χ1v) is 15.5. The molecule has 0 unspecified atom stereocenters. The van der Waals surface area contributed by atoms with Gasteiger partial charge in [0, 0.05) is 25.2 Å². The molecule has 2 aliphatic carbocycles. The Balaban J connectivity index is 0.00000384. The Morgan fingerprint density at radius 3 is 2.52 bits per heavy atom. The molecule has 0 bridgehead atoms. The molecule has 0 amide bonds. The molecule has 1 N–H and O–H groups in total. The number of nitrogens with zero attached hydrogens (tertiary/aromatic N) is 1. The van der Waals surface area contributed by atoms with Gasteiger partial charge in [-0.25, -0.2) is 11.6 Å². The Morgan fingerprint density at radius 1 is 1.00 bits per heavy atom. The van der Waals surface area contributed by atoms with Gasteiger partial charge in [0.1, 0.15) is 17.6 Å². The molecule has 3 aromatic carbocycles. The van der Waals surface area contributed by atoms with Crippen LogP contribution in [0.25, 0.3) is 16.7 Å². The fourth-order valence-electron chi connectivity index (χ4n) is 6.72. The van der Waals surface area contributed by atoms with E-state index in [2.05, 4.69) is 54.0 Å². The van der Waals surface area contributed by atoms with Gasteiger partial charge in [-0.3, -0.25) is 9.29 Å². The van der Waals surface area contributed by atoms with E-state index in [0.29, 0.717) is 19.3 Å². The number of Topliss-reactive ketones (excluding diaryl/α,β-unsaturated/α-hetero) is 1. The Bertz CT molecular complexity index is 1580. The summed E-state index contributed by atoms with van der Waals surface area (Å²) in [5.74, 6) is 1.20. The van der Waals surface area contributed by atoms with Crippen molar-refractivity contribution in [1.82, 2.24) is 4.90 Å². The molecule has 230 valence electrons. The number of likely N-dealkylation sites (tertiary alicyclic amines) is 1. The number of ether oxygens (including phenoxy) is 1. The summed E-state index contributed by atoms with van der Waals surface area (Å²) in [6, 6.07) is 20.8. The number of halogens is 1. The molecule has 1 fully saturated rings. The van der Waals surface area contributed by atoms with Gasteiger partial charge in [-0.1, -0.05) is 48.4 Å². The normalized spacial score (nSPS) is 18.4. The summed E-state index contributed by atoms with van der Waals surface area (Å²) in [5.41, 5.74) is 9.69. The monoisotopic (exact) mass is 819 g/mol. The Kier molecular flexibility index (Phi) is 9.40. The van der Waals surface area contributed by atoms with Crippen LogP contribution in [0.4, 0.5) is 4.39 Å². The van der Waals surface area contributed by atoms with Crippen LogP contribution in [0, 0.1) is 6.08 Å². The standard InChI is InChI=1S/C38H39FNO3.Cm/c1-2-5-26-8-16-35(37(42)22-26)36-7-3-6-30-23-28(29-9-13-31(41)24-29)12-17-34(30)38(36)27-10-14-32(15-11-27)43-33-18-21-40(25-33)20-4-19-39;/h2,8,10-12,14-17,22-23,33,42H,1,3-7,9,13,18-21,25H2;/q-1;/t33-;/m0./s1. The maximum atomic E-state index is 12.6. The SMILES string of the molecule is C=CCc1ccc(C2=C(c3ccc(O[C@H]4CCN(CCCF)C4)cc3)c3ccc(C4=[C-]C(=O)CC4)cc3CCC2)c(O)c1.[Cm]. The molecular formula is C38H39CmFNO3-. The van der Waals surface area contributed by atoms with Crippen molar-refractivity contribution >= 4 is 22.5 Å². The quantitative estimate of drug-likeness (QED) is 0.168. The van der Waals surface area contributed by atoms with Crippen molar-refractivity contribution < 1.29 is 19.0 Å². The van der Waals surface area contributed by atoms with Crippen LogP contribution in [0.5, 0.6) is 11.5 Å². The van der Waals surface area contributed by atoms with E-state index in [4.69, 9.17) is 4.74 Å². The number of ketones is 1. The first kappa shape index (κ1) is 30.5. The Morgan fingerprint density at radius 2 is 1.80 bits per heavy atom. The number of aryl methyl sites for hydroxylation is 1. The number of phenolic OH excluding ortho intramolecular Hbond substituents is 1. The zero-order valence-electron chi connectivity index (χ0n) is 25.1. The number of alkyl halides is 1. The van der Waals surface area contributed by atoms with Crippen LogP contribution in [-0.2, 0) is 17.6 Å². The summed E-state index contributed by atoms with van der Waals surface area (Å²) in [6.07, 6.45) is 11.2. The van der Waals surface area contributed by atoms with Crippen LogP contribution >= 0.6 is 0 Å². The van der Waals surface area contributed by atoms with E-state index in [1.165, 1.54) is 5.56 Å². The smallest absolute Gasteiger partial charge is 0.123 e. The van der Waals surface area contributed by atoms with E-state index in [1.807, 2.05) is 30.3 Å². The van der Waals surface area contributed by atoms with Crippen LogP contribution in [-0.4, -0.2) is 48.2 Å². The molecule has 3 aromatic rings. The van der Waals surface area contributed by atoms with E-state index in [1.54, 1.807) is 0 Å². The third kappa shape index (κ3) is 6.50. The number of phenols is 1. The molecule has 1 heterocycles.